The van der Waals surface area contributed by atoms with Crippen LogP contribution >= 0.6 is 0 Å². The van der Waals surface area contributed by atoms with Gasteiger partial charge in [-0.05, 0) is 18.6 Å². The number of nitrogens with one attached hydrogen (secondary N) is 1. The fraction of sp³-hybridized carbons (Fsp3) is 0.357. The van der Waals surface area contributed by atoms with Crippen molar-refractivity contribution in [3.63, 3.8) is 0 Å². The molecule has 23 heavy (non-hydrogen) atoms. The summed E-state index contributed by atoms with van der Waals surface area (Å²) in [6, 6.07) is 3.86. The molecule has 1 atom stereocenters. The molecule has 0 unspecified atom stereocenters. The zero-order valence-electron chi connectivity index (χ0n) is 12.6. The number of amides is 1. The van der Waals surface area contributed by atoms with Crippen LogP contribution in [-0.2, 0) is 19.1 Å². The maximum atomic E-state index is 12.1. The van der Waals surface area contributed by atoms with Gasteiger partial charge in [0.25, 0.3) is 11.6 Å². The lowest BCUT2D eigenvalue weighted by Gasteiger charge is -2.16. The number of nitro groups is 1. The quantitative estimate of drug-likeness (QED) is 0.447. The first-order valence-electron chi connectivity index (χ1n) is 6.59. The summed E-state index contributed by atoms with van der Waals surface area (Å²) in [5.74, 6) is -1.84. The van der Waals surface area contributed by atoms with E-state index in [1.165, 1.54) is 31.4 Å². The molecule has 0 bridgehead atoms. The average Bonchev–Trinajstić information content (AvgIpc) is 2.57. The number of rotatable bonds is 7. The highest BCUT2D eigenvalue weighted by atomic mass is 16.6. The van der Waals surface area contributed by atoms with Crippen LogP contribution in [0.2, 0.25) is 0 Å². The lowest BCUT2D eigenvalue weighted by molar-refractivity contribution is -0.384. The van der Waals surface area contributed by atoms with E-state index in [0.717, 1.165) is 7.11 Å². The van der Waals surface area contributed by atoms with Crippen molar-refractivity contribution in [1.29, 1.82) is 0 Å². The first-order chi connectivity index (χ1) is 10.9. The highest BCUT2D eigenvalue weighted by molar-refractivity contribution is 5.97. The second kappa shape index (κ2) is 8.47. The van der Waals surface area contributed by atoms with Gasteiger partial charge in [-0.25, -0.2) is 4.79 Å². The average molecular weight is 324 g/mol. The molecular formula is C14H16N2O7. The van der Waals surface area contributed by atoms with Gasteiger partial charge in [-0.2, -0.15) is 0 Å². The van der Waals surface area contributed by atoms with Crippen LogP contribution in [-0.4, -0.2) is 43.0 Å². The summed E-state index contributed by atoms with van der Waals surface area (Å²) < 4.78 is 9.04. The van der Waals surface area contributed by atoms with E-state index in [4.69, 9.17) is 0 Å². The van der Waals surface area contributed by atoms with Crippen molar-refractivity contribution >= 4 is 23.5 Å². The number of ether oxygens (including phenoxy) is 2. The van der Waals surface area contributed by atoms with Crippen molar-refractivity contribution in [2.75, 3.05) is 14.2 Å². The summed E-state index contributed by atoms with van der Waals surface area (Å²) >= 11 is 0. The number of carbonyl (C=O) groups is 3. The van der Waals surface area contributed by atoms with Crippen LogP contribution in [0.3, 0.4) is 0 Å². The molecule has 124 valence electrons. The van der Waals surface area contributed by atoms with E-state index in [0.29, 0.717) is 0 Å². The second-order valence-electron chi connectivity index (χ2n) is 4.47. The van der Waals surface area contributed by atoms with Crippen LogP contribution in [0.25, 0.3) is 0 Å². The van der Waals surface area contributed by atoms with E-state index >= 15 is 0 Å². The second-order valence-corrected chi connectivity index (χ2v) is 4.47. The molecule has 0 saturated heterocycles. The van der Waals surface area contributed by atoms with E-state index < -0.39 is 28.8 Å². The van der Waals surface area contributed by atoms with E-state index in [-0.39, 0.29) is 24.1 Å². The number of non-ortho nitro benzene ring substituents is 1. The molecule has 1 amide bonds. The Kier molecular flexibility index (Phi) is 6.66. The molecule has 0 heterocycles. The van der Waals surface area contributed by atoms with Crippen LogP contribution in [0.5, 0.6) is 0 Å². The number of methoxy groups -OCH3 is 2. The summed E-state index contributed by atoms with van der Waals surface area (Å²) in [5, 5.41) is 13.0. The number of benzene rings is 1. The first kappa shape index (κ1) is 18.1. The molecule has 0 fully saturated rings. The third kappa shape index (κ3) is 5.38. The molecule has 0 spiro atoms. The minimum absolute atomic E-state index is 0.0120. The Hall–Kier alpha value is -2.97. The molecule has 0 aliphatic rings. The first-order valence-corrected chi connectivity index (χ1v) is 6.59. The van der Waals surface area contributed by atoms with Crippen molar-refractivity contribution in [1.82, 2.24) is 5.32 Å². The number of hydrogen-bond acceptors (Lipinski definition) is 7. The summed E-state index contributed by atoms with van der Waals surface area (Å²) in [5.41, 5.74) is -0.0145. The topological polar surface area (TPSA) is 125 Å². The van der Waals surface area contributed by atoms with Crippen LogP contribution in [0.15, 0.2) is 24.3 Å². The summed E-state index contributed by atoms with van der Waals surface area (Å²) in [6.07, 6.45) is -0.0606. The van der Waals surface area contributed by atoms with Crippen molar-refractivity contribution < 1.29 is 28.8 Å². The zero-order valence-corrected chi connectivity index (χ0v) is 12.6. The van der Waals surface area contributed by atoms with Crippen molar-refractivity contribution in [3.8, 4) is 0 Å². The monoisotopic (exact) mass is 324 g/mol. The number of nitrogens with zero attached hydrogens (tertiary/aromatic N) is 1. The number of hydrogen-bond donors (Lipinski definition) is 1. The summed E-state index contributed by atoms with van der Waals surface area (Å²) in [4.78, 5) is 44.8. The van der Waals surface area contributed by atoms with Gasteiger partial charge in [-0.1, -0.05) is 0 Å². The van der Waals surface area contributed by atoms with Crippen molar-refractivity contribution in [2.24, 2.45) is 0 Å². The fourth-order valence-corrected chi connectivity index (χ4v) is 1.73. The maximum Gasteiger partial charge on any atom is 0.328 e. The lowest BCUT2D eigenvalue weighted by atomic mass is 10.1. The van der Waals surface area contributed by atoms with Crippen LogP contribution in [0.1, 0.15) is 23.2 Å². The Balaban J connectivity index is 2.77. The van der Waals surface area contributed by atoms with Crippen LogP contribution < -0.4 is 5.32 Å². The normalized spacial score (nSPS) is 11.2. The SMILES string of the molecule is COC(=O)CC[C@H](NC(=O)c1ccc([N+](=O)[O-])cc1)C(=O)OC. The Morgan fingerprint density at radius 1 is 1.17 bits per heavy atom. The molecule has 0 radical (unpaired) electrons. The smallest absolute Gasteiger partial charge is 0.328 e. The lowest BCUT2D eigenvalue weighted by Crippen LogP contribution is -2.41. The highest BCUT2D eigenvalue weighted by Gasteiger charge is 2.23. The van der Waals surface area contributed by atoms with Crippen molar-refractivity contribution in [3.05, 3.63) is 39.9 Å². The molecule has 1 rings (SSSR count). The van der Waals surface area contributed by atoms with E-state index in [9.17, 15) is 24.5 Å². The van der Waals surface area contributed by atoms with Gasteiger partial charge >= 0.3 is 11.9 Å². The van der Waals surface area contributed by atoms with Gasteiger partial charge in [0.05, 0.1) is 19.1 Å². The third-order valence-electron chi connectivity index (χ3n) is 3.00. The molecule has 0 aromatic heterocycles. The standard InChI is InChI=1S/C14H16N2O7/c1-22-12(17)8-7-11(14(19)23-2)15-13(18)9-3-5-10(6-4-9)16(20)21/h3-6,11H,7-8H2,1-2H3,(H,15,18)/t11-/m0/s1. The van der Waals surface area contributed by atoms with Gasteiger partial charge in [0.2, 0.25) is 0 Å². The number of nitro benzene ring substituents is 1. The molecule has 0 aliphatic heterocycles. The van der Waals surface area contributed by atoms with Crippen LogP contribution in [0.4, 0.5) is 5.69 Å². The van der Waals surface area contributed by atoms with Crippen LogP contribution in [0, 0.1) is 10.1 Å². The van der Waals surface area contributed by atoms with Gasteiger partial charge in [0.1, 0.15) is 6.04 Å². The fourth-order valence-electron chi connectivity index (χ4n) is 1.73. The van der Waals surface area contributed by atoms with Crippen molar-refractivity contribution in [2.45, 2.75) is 18.9 Å². The highest BCUT2D eigenvalue weighted by Crippen LogP contribution is 2.12. The van der Waals surface area contributed by atoms with Gasteiger partial charge in [-0.15, -0.1) is 0 Å². The Morgan fingerprint density at radius 3 is 2.26 bits per heavy atom. The minimum atomic E-state index is -1.03. The van der Waals surface area contributed by atoms with E-state index in [2.05, 4.69) is 14.8 Å². The molecule has 1 N–H and O–H groups in total. The van der Waals surface area contributed by atoms with Gasteiger partial charge in [0.15, 0.2) is 0 Å². The summed E-state index contributed by atoms with van der Waals surface area (Å²) in [6.45, 7) is 0. The molecular weight excluding hydrogens is 308 g/mol. The Morgan fingerprint density at radius 2 is 1.78 bits per heavy atom. The zero-order chi connectivity index (χ0) is 17.4. The summed E-state index contributed by atoms with van der Waals surface area (Å²) in [7, 11) is 2.37. The predicted octanol–water partition coefficient (Wildman–Crippen LogP) is 0.819. The molecule has 9 nitrogen and oxygen atoms in total. The Labute approximate surface area is 131 Å². The third-order valence-corrected chi connectivity index (χ3v) is 3.00. The number of esters is 2. The van der Waals surface area contributed by atoms with E-state index in [1.807, 2.05) is 0 Å². The molecule has 1 aromatic carbocycles. The minimum Gasteiger partial charge on any atom is -0.469 e. The van der Waals surface area contributed by atoms with Gasteiger partial charge in [-0.3, -0.25) is 19.7 Å². The predicted molar refractivity (Wildman–Crippen MR) is 77.6 cm³/mol. The molecule has 0 saturated carbocycles. The number of carbonyl (C=O) groups excluding carboxylic acids is 3. The van der Waals surface area contributed by atoms with Gasteiger partial charge in [0, 0.05) is 24.1 Å². The van der Waals surface area contributed by atoms with Gasteiger partial charge < -0.3 is 14.8 Å². The Bertz CT molecular complexity index is 598. The molecule has 0 aliphatic carbocycles. The molecule has 1 aromatic rings. The maximum absolute atomic E-state index is 12.1. The van der Waals surface area contributed by atoms with E-state index in [1.54, 1.807) is 0 Å². The molecule has 9 heteroatoms. The largest absolute Gasteiger partial charge is 0.469 e.